The van der Waals surface area contributed by atoms with E-state index in [1.165, 1.54) is 11.1 Å². The number of ether oxygens (including phenoxy) is 1. The molecule has 0 amide bonds. The van der Waals surface area contributed by atoms with E-state index >= 15 is 0 Å². The molecule has 3 rings (SSSR count). The highest BCUT2D eigenvalue weighted by atomic mass is 16.5. The second-order valence-electron chi connectivity index (χ2n) is 7.58. The van der Waals surface area contributed by atoms with Gasteiger partial charge in [-0.3, -0.25) is 4.79 Å². The van der Waals surface area contributed by atoms with Gasteiger partial charge < -0.3 is 21.1 Å². The zero-order valence-electron chi connectivity index (χ0n) is 17.7. The molecule has 0 radical (unpaired) electrons. The van der Waals surface area contributed by atoms with Crippen molar-refractivity contribution in [1.29, 1.82) is 0 Å². The van der Waals surface area contributed by atoms with Crippen LogP contribution in [0.3, 0.4) is 0 Å². The number of benzene rings is 1. The topological polar surface area (TPSA) is 89.3 Å². The Morgan fingerprint density at radius 1 is 1.37 bits per heavy atom. The van der Waals surface area contributed by atoms with Crippen LogP contribution >= 0.6 is 0 Å². The number of unbranched alkanes of at least 4 members (excludes halogenated alkanes) is 1. The molecule has 1 unspecified atom stereocenters. The summed E-state index contributed by atoms with van der Waals surface area (Å²) in [7, 11) is 0. The third-order valence-electron chi connectivity index (χ3n) is 5.41. The lowest BCUT2D eigenvalue weighted by molar-refractivity contribution is -0.143. The Labute approximate surface area is 178 Å². The summed E-state index contributed by atoms with van der Waals surface area (Å²) >= 11 is 0. The molecule has 2 aromatic rings. The number of carbonyl (C=O) groups is 1. The number of hydrogen-bond donors (Lipinski definition) is 3. The number of nitrogen functional groups attached to an aromatic ring is 1. The maximum absolute atomic E-state index is 12.3. The molecule has 0 aliphatic carbocycles. The molecule has 1 aromatic heterocycles. The van der Waals surface area contributed by atoms with Crippen LogP contribution in [-0.4, -0.2) is 30.6 Å². The highest BCUT2D eigenvalue weighted by Gasteiger charge is 2.22. The molecule has 0 spiro atoms. The van der Waals surface area contributed by atoms with Crippen LogP contribution in [0.1, 0.15) is 54.4 Å². The first-order valence-electron chi connectivity index (χ1n) is 10.7. The van der Waals surface area contributed by atoms with Crippen molar-refractivity contribution in [2.24, 2.45) is 0 Å². The number of anilines is 2. The van der Waals surface area contributed by atoms with Gasteiger partial charge in [-0.05, 0) is 61.1 Å². The number of esters is 1. The first-order valence-corrected chi connectivity index (χ1v) is 10.7. The van der Waals surface area contributed by atoms with Crippen molar-refractivity contribution in [3.8, 4) is 0 Å². The number of pyridine rings is 1. The summed E-state index contributed by atoms with van der Waals surface area (Å²) in [5.41, 5.74) is 11.5. The van der Waals surface area contributed by atoms with Gasteiger partial charge in [0.05, 0.1) is 18.7 Å². The van der Waals surface area contributed by atoms with Crippen LogP contribution in [0.25, 0.3) is 0 Å². The van der Waals surface area contributed by atoms with Crippen molar-refractivity contribution in [2.45, 2.75) is 45.1 Å². The maximum atomic E-state index is 12.3. The van der Waals surface area contributed by atoms with E-state index in [0.29, 0.717) is 18.1 Å². The fourth-order valence-corrected chi connectivity index (χ4v) is 3.82. The first kappa shape index (κ1) is 21.8. The largest absolute Gasteiger partial charge is 0.466 e. The van der Waals surface area contributed by atoms with E-state index in [-0.39, 0.29) is 18.3 Å². The lowest BCUT2D eigenvalue weighted by atomic mass is 9.86. The Hall–Kier alpha value is -2.86. The van der Waals surface area contributed by atoms with Crippen molar-refractivity contribution >= 4 is 17.5 Å². The van der Waals surface area contributed by atoms with E-state index in [1.807, 2.05) is 25.3 Å². The minimum atomic E-state index is -0.219. The minimum Gasteiger partial charge on any atom is -0.466 e. The van der Waals surface area contributed by atoms with Crippen molar-refractivity contribution in [2.75, 3.05) is 30.7 Å². The zero-order chi connectivity index (χ0) is 21.3. The summed E-state index contributed by atoms with van der Waals surface area (Å²) in [4.78, 5) is 16.9. The van der Waals surface area contributed by atoms with Gasteiger partial charge in [-0.15, -0.1) is 6.58 Å². The fourth-order valence-electron chi connectivity index (χ4n) is 3.82. The molecule has 1 atom stereocenters. The summed E-state index contributed by atoms with van der Waals surface area (Å²) in [6.07, 6.45) is 6.91. The molecular formula is C24H32N4O2. The highest BCUT2D eigenvalue weighted by molar-refractivity contribution is 5.72. The Kier molecular flexibility index (Phi) is 7.85. The van der Waals surface area contributed by atoms with Gasteiger partial charge in [0.25, 0.3) is 0 Å². The normalized spacial score (nSPS) is 13.9. The van der Waals surface area contributed by atoms with Crippen LogP contribution in [0.15, 0.2) is 43.1 Å². The molecule has 0 fully saturated rings. The van der Waals surface area contributed by atoms with Gasteiger partial charge >= 0.3 is 5.97 Å². The zero-order valence-corrected chi connectivity index (χ0v) is 17.7. The molecule has 0 saturated carbocycles. The quantitative estimate of drug-likeness (QED) is 0.315. The van der Waals surface area contributed by atoms with Gasteiger partial charge in [0.2, 0.25) is 0 Å². The number of nitrogens with two attached hydrogens (primary N) is 1. The second-order valence-corrected chi connectivity index (χ2v) is 7.58. The van der Waals surface area contributed by atoms with Crippen LogP contribution in [-0.2, 0) is 22.5 Å². The van der Waals surface area contributed by atoms with Crippen LogP contribution in [0.4, 0.5) is 11.5 Å². The molecule has 1 aliphatic rings. The summed E-state index contributed by atoms with van der Waals surface area (Å²) < 4.78 is 5.23. The average Bonchev–Trinajstić information content (AvgIpc) is 2.76. The predicted octanol–water partition coefficient (Wildman–Crippen LogP) is 3.77. The van der Waals surface area contributed by atoms with Gasteiger partial charge in [0.1, 0.15) is 5.82 Å². The van der Waals surface area contributed by atoms with E-state index in [4.69, 9.17) is 10.5 Å². The Balaban J connectivity index is 1.86. The predicted molar refractivity (Wildman–Crippen MR) is 122 cm³/mol. The number of aromatic nitrogens is 1. The van der Waals surface area contributed by atoms with Crippen LogP contribution in [0, 0.1) is 0 Å². The Bertz CT molecular complexity index is 882. The molecule has 2 heterocycles. The Morgan fingerprint density at radius 3 is 3.00 bits per heavy atom. The molecule has 6 heteroatoms. The standard InChI is InChI=1S/C24H32N4O2/c1-3-5-6-10-27-24-22(25)13-20(16-28-24)21(14-23(29)30-4-2)18-8-7-17-9-11-26-15-19(17)12-18/h3,7-8,12-13,16,21,26H,1,4-6,9-11,14-15,25H2,2H3,(H,27,28). The maximum Gasteiger partial charge on any atom is 0.306 e. The second kappa shape index (κ2) is 10.8. The van der Waals surface area contributed by atoms with Crippen molar-refractivity contribution in [3.63, 3.8) is 0 Å². The van der Waals surface area contributed by atoms with Gasteiger partial charge in [0, 0.05) is 25.2 Å². The molecule has 0 bridgehead atoms. The van der Waals surface area contributed by atoms with Crippen LogP contribution < -0.4 is 16.4 Å². The third-order valence-corrected chi connectivity index (χ3v) is 5.41. The van der Waals surface area contributed by atoms with Gasteiger partial charge in [-0.25, -0.2) is 4.98 Å². The summed E-state index contributed by atoms with van der Waals surface area (Å²) in [5, 5.41) is 6.69. The number of allylic oxidation sites excluding steroid dienone is 1. The Morgan fingerprint density at radius 2 is 2.23 bits per heavy atom. The monoisotopic (exact) mass is 408 g/mol. The van der Waals surface area contributed by atoms with Crippen LogP contribution in [0.5, 0.6) is 0 Å². The molecule has 1 aromatic carbocycles. The van der Waals surface area contributed by atoms with Gasteiger partial charge in [-0.2, -0.15) is 0 Å². The van der Waals surface area contributed by atoms with E-state index in [1.54, 1.807) is 0 Å². The summed E-state index contributed by atoms with van der Waals surface area (Å²) in [5.74, 6) is 0.303. The fraction of sp³-hybridized carbons (Fsp3) is 0.417. The van der Waals surface area contributed by atoms with E-state index in [9.17, 15) is 4.79 Å². The van der Waals surface area contributed by atoms with Crippen molar-refractivity contribution < 1.29 is 9.53 Å². The van der Waals surface area contributed by atoms with Crippen molar-refractivity contribution in [1.82, 2.24) is 10.3 Å². The number of fused-ring (bicyclic) bond motifs is 1. The van der Waals surface area contributed by atoms with E-state index in [2.05, 4.69) is 40.4 Å². The van der Waals surface area contributed by atoms with Crippen molar-refractivity contribution in [3.05, 3.63) is 65.4 Å². The smallest absolute Gasteiger partial charge is 0.306 e. The number of nitrogens with zero attached hydrogens (tertiary/aromatic N) is 1. The molecule has 30 heavy (non-hydrogen) atoms. The first-order chi connectivity index (χ1) is 14.6. The summed E-state index contributed by atoms with van der Waals surface area (Å²) in [6, 6.07) is 8.41. The average molecular weight is 409 g/mol. The third kappa shape index (κ3) is 5.60. The molecule has 160 valence electrons. The molecule has 1 aliphatic heterocycles. The molecule has 6 nitrogen and oxygen atoms in total. The number of rotatable bonds is 10. The van der Waals surface area contributed by atoms with E-state index < -0.39 is 0 Å². The lowest BCUT2D eigenvalue weighted by Gasteiger charge is -2.22. The minimum absolute atomic E-state index is 0.152. The van der Waals surface area contributed by atoms with E-state index in [0.717, 1.165) is 50.0 Å². The molecular weight excluding hydrogens is 376 g/mol. The van der Waals surface area contributed by atoms with Gasteiger partial charge in [-0.1, -0.05) is 24.3 Å². The highest BCUT2D eigenvalue weighted by Crippen LogP contribution is 2.32. The number of carbonyl (C=O) groups excluding carboxylic acids is 1. The number of hydrogen-bond acceptors (Lipinski definition) is 6. The summed E-state index contributed by atoms with van der Waals surface area (Å²) in [6.45, 7) is 8.56. The molecule has 4 N–H and O–H groups in total. The van der Waals surface area contributed by atoms with Gasteiger partial charge in [0.15, 0.2) is 0 Å². The SMILES string of the molecule is C=CCCCNc1ncc(C(CC(=O)OCC)c2ccc3c(c2)CNCC3)cc1N. The van der Waals surface area contributed by atoms with Crippen LogP contribution in [0.2, 0.25) is 0 Å². The molecule has 0 saturated heterocycles. The number of nitrogens with one attached hydrogen (secondary N) is 2. The lowest BCUT2D eigenvalue weighted by Crippen LogP contribution is -2.24.